The molecular formula is C17H26N2. The van der Waals surface area contributed by atoms with Gasteiger partial charge in [-0.1, -0.05) is 29.3 Å². The highest BCUT2D eigenvalue weighted by Crippen LogP contribution is 2.30. The minimum Gasteiger partial charge on any atom is -0.306 e. The molecule has 1 N–H and O–H groups in total. The molecule has 0 spiro atoms. The largest absolute Gasteiger partial charge is 0.306 e. The quantitative estimate of drug-likeness (QED) is 0.892. The van der Waals surface area contributed by atoms with E-state index in [1.807, 2.05) is 0 Å². The minimum absolute atomic E-state index is 0.461. The summed E-state index contributed by atoms with van der Waals surface area (Å²) in [6.45, 7) is 9.22. The Morgan fingerprint density at radius 3 is 2.42 bits per heavy atom. The molecule has 0 amide bonds. The molecule has 1 heterocycles. The summed E-state index contributed by atoms with van der Waals surface area (Å²) in [5.41, 5.74) is 4.17. The molecule has 1 aliphatic heterocycles. The summed E-state index contributed by atoms with van der Waals surface area (Å²) in [5, 5.41) is 3.82. The third kappa shape index (κ3) is 3.18. The highest BCUT2D eigenvalue weighted by Gasteiger charge is 2.34. The number of hydrogen-bond acceptors (Lipinski definition) is 2. The van der Waals surface area contributed by atoms with Gasteiger partial charge < -0.3 is 5.32 Å². The van der Waals surface area contributed by atoms with Crippen molar-refractivity contribution in [3.63, 3.8) is 0 Å². The number of hydrogen-bond donors (Lipinski definition) is 1. The van der Waals surface area contributed by atoms with Gasteiger partial charge in [-0.05, 0) is 45.6 Å². The lowest BCUT2D eigenvalue weighted by Crippen LogP contribution is -2.35. The predicted octanol–water partition coefficient (Wildman–Crippen LogP) is 3.19. The first-order chi connectivity index (χ1) is 9.11. The van der Waals surface area contributed by atoms with E-state index in [1.54, 1.807) is 0 Å². The zero-order valence-electron chi connectivity index (χ0n) is 12.4. The van der Waals surface area contributed by atoms with Gasteiger partial charge in [0, 0.05) is 31.2 Å². The number of aryl methyl sites for hydroxylation is 2. The molecule has 1 saturated carbocycles. The molecule has 0 bridgehead atoms. The Balaban J connectivity index is 1.59. The van der Waals surface area contributed by atoms with Gasteiger partial charge >= 0.3 is 0 Å². The number of benzene rings is 1. The van der Waals surface area contributed by atoms with Crippen LogP contribution >= 0.6 is 0 Å². The first kappa shape index (κ1) is 13.1. The van der Waals surface area contributed by atoms with Crippen LogP contribution in [0.15, 0.2) is 18.2 Å². The molecule has 2 atom stereocenters. The van der Waals surface area contributed by atoms with Crippen molar-refractivity contribution in [1.82, 2.24) is 10.2 Å². The summed E-state index contributed by atoms with van der Waals surface area (Å²) in [4.78, 5) is 2.67. The Labute approximate surface area is 117 Å². The van der Waals surface area contributed by atoms with Crippen LogP contribution in [0.25, 0.3) is 0 Å². The van der Waals surface area contributed by atoms with E-state index in [9.17, 15) is 0 Å². The van der Waals surface area contributed by atoms with Gasteiger partial charge in [0.15, 0.2) is 0 Å². The Morgan fingerprint density at radius 1 is 1.11 bits per heavy atom. The predicted molar refractivity (Wildman–Crippen MR) is 80.5 cm³/mol. The highest BCUT2D eigenvalue weighted by atomic mass is 15.2. The van der Waals surface area contributed by atoms with E-state index in [4.69, 9.17) is 0 Å². The van der Waals surface area contributed by atoms with Gasteiger partial charge in [0.05, 0.1) is 0 Å². The first-order valence-corrected chi connectivity index (χ1v) is 7.70. The van der Waals surface area contributed by atoms with Crippen molar-refractivity contribution in [2.45, 2.75) is 58.2 Å². The molecule has 104 valence electrons. The number of nitrogens with zero attached hydrogens (tertiary/aromatic N) is 1. The Hall–Kier alpha value is -0.860. The topological polar surface area (TPSA) is 15.3 Å². The third-order valence-corrected chi connectivity index (χ3v) is 4.51. The van der Waals surface area contributed by atoms with Crippen LogP contribution in [-0.2, 0) is 0 Å². The molecule has 0 aromatic heterocycles. The molecule has 2 nitrogen and oxygen atoms in total. The van der Waals surface area contributed by atoms with E-state index in [2.05, 4.69) is 49.2 Å². The smallest absolute Gasteiger partial charge is 0.0295 e. The SMILES string of the molecule is Cc1cc(C)cc(C(C)NC2CCN(C3CC3)C2)c1. The molecule has 19 heavy (non-hydrogen) atoms. The summed E-state index contributed by atoms with van der Waals surface area (Å²) >= 11 is 0. The van der Waals surface area contributed by atoms with Crippen LogP contribution in [0, 0.1) is 13.8 Å². The highest BCUT2D eigenvalue weighted by molar-refractivity contribution is 5.30. The normalized spacial score (nSPS) is 25.7. The lowest BCUT2D eigenvalue weighted by Gasteiger charge is -2.21. The number of likely N-dealkylation sites (tertiary alicyclic amines) is 1. The van der Waals surface area contributed by atoms with Crippen LogP contribution in [0.1, 0.15) is 48.9 Å². The number of nitrogens with one attached hydrogen (secondary N) is 1. The van der Waals surface area contributed by atoms with Gasteiger partial charge in [0.25, 0.3) is 0 Å². The van der Waals surface area contributed by atoms with E-state index in [1.165, 1.54) is 49.0 Å². The minimum atomic E-state index is 0.461. The standard InChI is InChI=1S/C17H26N2/c1-12-8-13(2)10-15(9-12)14(3)18-16-6-7-19(11-16)17-4-5-17/h8-10,14,16-18H,4-7,11H2,1-3H3. The van der Waals surface area contributed by atoms with Crippen molar-refractivity contribution in [3.05, 3.63) is 34.9 Å². The van der Waals surface area contributed by atoms with E-state index in [0.29, 0.717) is 12.1 Å². The second-order valence-electron chi connectivity index (χ2n) is 6.52. The van der Waals surface area contributed by atoms with Crippen LogP contribution in [0.2, 0.25) is 0 Å². The molecule has 2 aliphatic rings. The van der Waals surface area contributed by atoms with Gasteiger partial charge in [-0.2, -0.15) is 0 Å². The fourth-order valence-electron chi connectivity index (χ4n) is 3.40. The van der Waals surface area contributed by atoms with Crippen molar-refractivity contribution < 1.29 is 0 Å². The molecule has 1 saturated heterocycles. The van der Waals surface area contributed by atoms with Crippen molar-refractivity contribution in [3.8, 4) is 0 Å². The van der Waals surface area contributed by atoms with E-state index >= 15 is 0 Å². The molecule has 2 fully saturated rings. The molecule has 1 aromatic rings. The Kier molecular flexibility index (Phi) is 3.64. The summed E-state index contributed by atoms with van der Waals surface area (Å²) in [6.07, 6.45) is 4.17. The average molecular weight is 258 g/mol. The summed E-state index contributed by atoms with van der Waals surface area (Å²) in [7, 11) is 0. The van der Waals surface area contributed by atoms with Crippen LogP contribution in [0.4, 0.5) is 0 Å². The maximum atomic E-state index is 3.82. The lowest BCUT2D eigenvalue weighted by molar-refractivity contribution is 0.313. The molecule has 1 aliphatic carbocycles. The average Bonchev–Trinajstić information content (AvgIpc) is 3.09. The summed E-state index contributed by atoms with van der Waals surface area (Å²) in [6, 6.07) is 8.94. The van der Waals surface area contributed by atoms with Gasteiger partial charge in [0.1, 0.15) is 0 Å². The lowest BCUT2D eigenvalue weighted by atomic mass is 10.0. The van der Waals surface area contributed by atoms with Crippen molar-refractivity contribution in [1.29, 1.82) is 0 Å². The second-order valence-corrected chi connectivity index (χ2v) is 6.52. The molecular weight excluding hydrogens is 232 g/mol. The molecule has 3 rings (SSSR count). The van der Waals surface area contributed by atoms with Gasteiger partial charge in [0.2, 0.25) is 0 Å². The van der Waals surface area contributed by atoms with Crippen molar-refractivity contribution >= 4 is 0 Å². The van der Waals surface area contributed by atoms with Crippen molar-refractivity contribution in [2.75, 3.05) is 13.1 Å². The Bertz CT molecular complexity index is 430. The van der Waals surface area contributed by atoms with Gasteiger partial charge in [-0.25, -0.2) is 0 Å². The van der Waals surface area contributed by atoms with E-state index in [0.717, 1.165) is 6.04 Å². The molecule has 0 radical (unpaired) electrons. The molecule has 2 heteroatoms. The number of rotatable bonds is 4. The molecule has 1 aromatic carbocycles. The zero-order chi connectivity index (χ0) is 13.4. The first-order valence-electron chi connectivity index (χ1n) is 7.70. The maximum Gasteiger partial charge on any atom is 0.0295 e. The summed E-state index contributed by atoms with van der Waals surface area (Å²) < 4.78 is 0. The monoisotopic (exact) mass is 258 g/mol. The second kappa shape index (κ2) is 5.26. The Morgan fingerprint density at radius 2 is 1.79 bits per heavy atom. The van der Waals surface area contributed by atoms with Crippen LogP contribution in [0.5, 0.6) is 0 Å². The van der Waals surface area contributed by atoms with E-state index < -0.39 is 0 Å². The van der Waals surface area contributed by atoms with Crippen molar-refractivity contribution in [2.24, 2.45) is 0 Å². The van der Waals surface area contributed by atoms with E-state index in [-0.39, 0.29) is 0 Å². The fourth-order valence-corrected chi connectivity index (χ4v) is 3.40. The van der Waals surface area contributed by atoms with Crippen LogP contribution < -0.4 is 5.32 Å². The molecule has 2 unspecified atom stereocenters. The van der Waals surface area contributed by atoms with Crippen LogP contribution in [0.3, 0.4) is 0 Å². The van der Waals surface area contributed by atoms with Gasteiger partial charge in [-0.3, -0.25) is 4.90 Å². The van der Waals surface area contributed by atoms with Gasteiger partial charge in [-0.15, -0.1) is 0 Å². The summed E-state index contributed by atoms with van der Waals surface area (Å²) in [5.74, 6) is 0. The fraction of sp³-hybridized carbons (Fsp3) is 0.647. The zero-order valence-corrected chi connectivity index (χ0v) is 12.4. The third-order valence-electron chi connectivity index (χ3n) is 4.51. The maximum absolute atomic E-state index is 3.82. The van der Waals surface area contributed by atoms with Crippen LogP contribution in [-0.4, -0.2) is 30.1 Å².